The molecule has 1 heteroatoms. The molecule has 5 aliphatic rings. The maximum absolute atomic E-state index is 12.5. The summed E-state index contributed by atoms with van der Waals surface area (Å²) in [7, 11) is 0. The second-order valence-corrected chi connectivity index (χ2v) is 10.4. The standard InChI is InChI=1S/C22H34O/c1-14-3-6-19-17-9-11-21(2)18(7-8-20(21)23)16(17)10-12-22(19,13-14)15-4-5-15/h14-19H,3-13H2,1-2H3/t14-,16+,17?,18?,19+,21-,22+/m0/s1. The van der Waals surface area contributed by atoms with Crippen LogP contribution < -0.4 is 0 Å². The number of Topliss-reactive ketones (excluding diaryl/α,β-unsaturated/α-hetero) is 1. The largest absolute Gasteiger partial charge is 0.299 e. The van der Waals surface area contributed by atoms with Gasteiger partial charge in [-0.15, -0.1) is 0 Å². The topological polar surface area (TPSA) is 17.1 Å². The second-order valence-electron chi connectivity index (χ2n) is 10.4. The van der Waals surface area contributed by atoms with Crippen LogP contribution in [0.2, 0.25) is 0 Å². The summed E-state index contributed by atoms with van der Waals surface area (Å²) in [6, 6.07) is 0. The minimum atomic E-state index is 0.0721. The van der Waals surface area contributed by atoms with Gasteiger partial charge in [-0.05, 0) is 98.7 Å². The van der Waals surface area contributed by atoms with Crippen LogP contribution in [0.5, 0.6) is 0 Å². The van der Waals surface area contributed by atoms with Gasteiger partial charge in [0, 0.05) is 11.8 Å². The van der Waals surface area contributed by atoms with Crippen molar-refractivity contribution in [1.29, 1.82) is 0 Å². The Balaban J connectivity index is 1.47. The molecule has 0 aromatic heterocycles. The number of fused-ring (bicyclic) bond motifs is 5. The average Bonchev–Trinajstić information content (AvgIpc) is 3.34. The molecule has 0 bridgehead atoms. The van der Waals surface area contributed by atoms with Gasteiger partial charge < -0.3 is 0 Å². The van der Waals surface area contributed by atoms with Gasteiger partial charge in [0.05, 0.1) is 0 Å². The van der Waals surface area contributed by atoms with Crippen LogP contribution in [0.15, 0.2) is 0 Å². The van der Waals surface area contributed by atoms with Gasteiger partial charge in [-0.1, -0.05) is 20.3 Å². The van der Waals surface area contributed by atoms with E-state index in [2.05, 4.69) is 13.8 Å². The highest BCUT2D eigenvalue weighted by Crippen LogP contribution is 2.69. The van der Waals surface area contributed by atoms with Crippen molar-refractivity contribution in [2.45, 2.75) is 84.5 Å². The maximum atomic E-state index is 12.5. The third kappa shape index (κ3) is 1.94. The van der Waals surface area contributed by atoms with E-state index in [0.717, 1.165) is 47.3 Å². The van der Waals surface area contributed by atoms with Gasteiger partial charge in [-0.25, -0.2) is 0 Å². The Kier molecular flexibility index (Phi) is 3.16. The highest BCUT2D eigenvalue weighted by Gasteiger charge is 2.62. The SMILES string of the molecule is C[C@H]1CC[C@@H]2C3CC[C@]4(C)C(=O)CCC4[C@@H]3CC[C@]2(C2CC2)C1. The molecule has 23 heavy (non-hydrogen) atoms. The summed E-state index contributed by atoms with van der Waals surface area (Å²) < 4.78 is 0. The maximum Gasteiger partial charge on any atom is 0.139 e. The van der Waals surface area contributed by atoms with Gasteiger partial charge in [0.2, 0.25) is 0 Å². The zero-order valence-corrected chi connectivity index (χ0v) is 15.2. The third-order valence-electron chi connectivity index (χ3n) is 9.49. The lowest BCUT2D eigenvalue weighted by Crippen LogP contribution is -2.53. The summed E-state index contributed by atoms with van der Waals surface area (Å²) in [5, 5.41) is 0. The Labute approximate surface area is 142 Å². The average molecular weight is 315 g/mol. The van der Waals surface area contributed by atoms with Crippen molar-refractivity contribution in [3.8, 4) is 0 Å². The predicted molar refractivity (Wildman–Crippen MR) is 92.9 cm³/mol. The fourth-order valence-corrected chi connectivity index (χ4v) is 8.35. The minimum Gasteiger partial charge on any atom is -0.299 e. The molecule has 5 aliphatic carbocycles. The first-order valence-electron chi connectivity index (χ1n) is 10.6. The van der Waals surface area contributed by atoms with E-state index >= 15 is 0 Å². The van der Waals surface area contributed by atoms with E-state index in [1.165, 1.54) is 64.2 Å². The molecule has 0 saturated heterocycles. The Hall–Kier alpha value is -0.330. The highest BCUT2D eigenvalue weighted by molar-refractivity contribution is 5.87. The van der Waals surface area contributed by atoms with E-state index in [0.29, 0.717) is 5.78 Å². The van der Waals surface area contributed by atoms with Crippen LogP contribution in [0.1, 0.15) is 84.5 Å². The molecule has 0 aromatic carbocycles. The fraction of sp³-hybridized carbons (Fsp3) is 0.955. The van der Waals surface area contributed by atoms with E-state index in [-0.39, 0.29) is 5.41 Å². The van der Waals surface area contributed by atoms with E-state index in [4.69, 9.17) is 0 Å². The lowest BCUT2D eigenvalue weighted by Gasteiger charge is -2.60. The van der Waals surface area contributed by atoms with Crippen LogP contribution in [0.25, 0.3) is 0 Å². The molecular formula is C22H34O. The molecule has 0 amide bonds. The first-order chi connectivity index (χ1) is 11.0. The van der Waals surface area contributed by atoms with Crippen molar-refractivity contribution < 1.29 is 4.79 Å². The molecule has 0 radical (unpaired) electrons. The van der Waals surface area contributed by atoms with Crippen LogP contribution in [0, 0.1) is 46.3 Å². The van der Waals surface area contributed by atoms with Crippen LogP contribution in [-0.4, -0.2) is 5.78 Å². The van der Waals surface area contributed by atoms with Crippen LogP contribution >= 0.6 is 0 Å². The summed E-state index contributed by atoms with van der Waals surface area (Å²) in [5.41, 5.74) is 0.803. The molecule has 0 spiro atoms. The van der Waals surface area contributed by atoms with Crippen LogP contribution in [0.3, 0.4) is 0 Å². The molecule has 5 fully saturated rings. The summed E-state index contributed by atoms with van der Waals surface area (Å²) in [4.78, 5) is 12.5. The number of hydrogen-bond donors (Lipinski definition) is 0. The van der Waals surface area contributed by atoms with Crippen molar-refractivity contribution in [2.24, 2.45) is 46.3 Å². The van der Waals surface area contributed by atoms with Gasteiger partial charge >= 0.3 is 0 Å². The van der Waals surface area contributed by atoms with Gasteiger partial charge in [0.25, 0.3) is 0 Å². The molecular weight excluding hydrogens is 280 g/mol. The molecule has 5 saturated carbocycles. The zero-order valence-electron chi connectivity index (χ0n) is 15.2. The molecule has 7 atom stereocenters. The lowest BCUT2D eigenvalue weighted by molar-refractivity contribution is -0.139. The number of carbonyl (C=O) groups excluding carboxylic acids is 1. The number of hydrogen-bond acceptors (Lipinski definition) is 1. The molecule has 0 heterocycles. The molecule has 5 rings (SSSR count). The first-order valence-corrected chi connectivity index (χ1v) is 10.6. The summed E-state index contributed by atoms with van der Waals surface area (Å²) in [6.07, 6.45) is 15.2. The van der Waals surface area contributed by atoms with Crippen molar-refractivity contribution in [2.75, 3.05) is 0 Å². The number of rotatable bonds is 1. The highest BCUT2D eigenvalue weighted by atomic mass is 16.1. The van der Waals surface area contributed by atoms with Gasteiger partial charge in [-0.2, -0.15) is 0 Å². The second kappa shape index (κ2) is 4.85. The van der Waals surface area contributed by atoms with Crippen molar-refractivity contribution in [3.63, 3.8) is 0 Å². The van der Waals surface area contributed by atoms with Gasteiger partial charge in [0.1, 0.15) is 5.78 Å². The Morgan fingerprint density at radius 2 is 1.61 bits per heavy atom. The summed E-state index contributed by atoms with van der Waals surface area (Å²) in [6.45, 7) is 4.84. The molecule has 0 aliphatic heterocycles. The van der Waals surface area contributed by atoms with Crippen LogP contribution in [-0.2, 0) is 4.79 Å². The lowest BCUT2D eigenvalue weighted by atomic mass is 9.44. The third-order valence-corrected chi connectivity index (χ3v) is 9.49. The summed E-state index contributed by atoms with van der Waals surface area (Å²) in [5.74, 6) is 6.28. The van der Waals surface area contributed by atoms with E-state index < -0.39 is 0 Å². The Morgan fingerprint density at radius 3 is 2.39 bits per heavy atom. The van der Waals surface area contributed by atoms with Crippen molar-refractivity contribution in [3.05, 3.63) is 0 Å². The number of carbonyl (C=O) groups is 1. The molecule has 128 valence electrons. The van der Waals surface area contributed by atoms with E-state index in [1.807, 2.05) is 0 Å². The molecule has 2 unspecified atom stereocenters. The summed E-state index contributed by atoms with van der Waals surface area (Å²) >= 11 is 0. The fourth-order valence-electron chi connectivity index (χ4n) is 8.35. The van der Waals surface area contributed by atoms with Gasteiger partial charge in [0.15, 0.2) is 0 Å². The van der Waals surface area contributed by atoms with Crippen molar-refractivity contribution in [1.82, 2.24) is 0 Å². The first kappa shape index (κ1) is 15.0. The molecule has 1 nitrogen and oxygen atoms in total. The van der Waals surface area contributed by atoms with Crippen molar-refractivity contribution >= 4 is 5.78 Å². The predicted octanol–water partition coefficient (Wildman–Crippen LogP) is 5.62. The van der Waals surface area contributed by atoms with Crippen LogP contribution in [0.4, 0.5) is 0 Å². The normalized spacial score (nSPS) is 55.9. The quantitative estimate of drug-likeness (QED) is 0.613. The zero-order chi connectivity index (χ0) is 15.8. The van der Waals surface area contributed by atoms with E-state index in [1.54, 1.807) is 0 Å². The minimum absolute atomic E-state index is 0.0721. The smallest absolute Gasteiger partial charge is 0.139 e. The van der Waals surface area contributed by atoms with Gasteiger partial charge in [-0.3, -0.25) is 4.79 Å². The Bertz CT molecular complexity index is 520. The number of ketones is 1. The Morgan fingerprint density at radius 1 is 0.870 bits per heavy atom. The van der Waals surface area contributed by atoms with E-state index in [9.17, 15) is 4.79 Å². The molecule has 0 N–H and O–H groups in total. The molecule has 0 aromatic rings. The monoisotopic (exact) mass is 314 g/mol.